The number of rotatable bonds is 5. The molecule has 1 saturated heterocycles. The normalized spacial score (nSPS) is 20.7. The van der Waals surface area contributed by atoms with Crippen LogP contribution in [0.1, 0.15) is 13.3 Å². The number of hydrogen-bond donors (Lipinski definition) is 1. The Kier molecular flexibility index (Phi) is 5.08. The molecule has 6 nitrogen and oxygen atoms in total. The summed E-state index contributed by atoms with van der Waals surface area (Å²) in [5, 5.41) is 4.59. The molecule has 0 saturated carbocycles. The van der Waals surface area contributed by atoms with Crippen molar-refractivity contribution in [3.05, 3.63) is 34.9 Å². The summed E-state index contributed by atoms with van der Waals surface area (Å²) in [6.07, 6.45) is 0.677. The highest BCUT2D eigenvalue weighted by Crippen LogP contribution is 2.17. The number of sulfone groups is 1. The number of hydrogen-bond acceptors (Lipinski definition) is 4. The lowest BCUT2D eigenvalue weighted by Crippen LogP contribution is -3.15. The lowest BCUT2D eigenvalue weighted by Gasteiger charge is -2.22. The summed E-state index contributed by atoms with van der Waals surface area (Å²) in [5.74, 6) is 0.851. The molecule has 1 fully saturated rings. The number of halogens is 1. The molecule has 1 N–H and O–H groups in total. The van der Waals surface area contributed by atoms with E-state index in [1.807, 2.05) is 14.0 Å². The largest absolute Gasteiger partial charge is 0.313 e. The summed E-state index contributed by atoms with van der Waals surface area (Å²) in [6.45, 7) is 3.35. The molecule has 2 atom stereocenters. The van der Waals surface area contributed by atoms with E-state index >= 15 is 0 Å². The van der Waals surface area contributed by atoms with Gasteiger partial charge in [0, 0.05) is 19.0 Å². The number of nitrogens with zero attached hydrogens (tertiary/aromatic N) is 3. The van der Waals surface area contributed by atoms with E-state index < -0.39 is 9.84 Å². The van der Waals surface area contributed by atoms with Crippen molar-refractivity contribution in [2.45, 2.75) is 26.1 Å². The third-order valence-corrected chi connectivity index (χ3v) is 7.01. The molecule has 1 unspecified atom stereocenters. The van der Waals surface area contributed by atoms with Gasteiger partial charge in [0.15, 0.2) is 22.3 Å². The van der Waals surface area contributed by atoms with Crippen LogP contribution < -0.4 is 4.90 Å². The fourth-order valence-electron chi connectivity index (χ4n) is 3.28. The molecular weight excluding hydrogens is 363 g/mol. The summed E-state index contributed by atoms with van der Waals surface area (Å²) in [4.78, 5) is 1.15. The Morgan fingerprint density at radius 3 is 2.60 bits per heavy atom. The first-order chi connectivity index (χ1) is 11.8. The van der Waals surface area contributed by atoms with Crippen LogP contribution in [-0.2, 0) is 23.6 Å². The van der Waals surface area contributed by atoms with Gasteiger partial charge in [-0.15, -0.1) is 5.10 Å². The third-order valence-electron chi connectivity index (χ3n) is 4.76. The Labute approximate surface area is 151 Å². The highest BCUT2D eigenvalue weighted by molar-refractivity contribution is 7.91. The van der Waals surface area contributed by atoms with E-state index in [9.17, 15) is 12.8 Å². The molecule has 1 aromatic carbocycles. The maximum Gasteiger partial charge on any atom is 0.202 e. The van der Waals surface area contributed by atoms with E-state index in [2.05, 4.69) is 5.10 Å². The van der Waals surface area contributed by atoms with Crippen LogP contribution in [0.25, 0.3) is 11.4 Å². The average molecular weight is 386 g/mol. The van der Waals surface area contributed by atoms with Crippen molar-refractivity contribution < 1.29 is 17.7 Å². The molecule has 0 radical (unpaired) electrons. The van der Waals surface area contributed by atoms with Crippen molar-refractivity contribution in [3.8, 4) is 11.4 Å². The third kappa shape index (κ3) is 3.83. The first kappa shape index (κ1) is 18.2. The molecule has 2 aromatic rings. The molecule has 1 aliphatic heterocycles. The van der Waals surface area contributed by atoms with E-state index in [1.165, 1.54) is 12.1 Å². The molecule has 0 spiro atoms. The van der Waals surface area contributed by atoms with Crippen LogP contribution >= 0.6 is 12.2 Å². The quantitative estimate of drug-likeness (QED) is 0.774. The second-order valence-electron chi connectivity index (χ2n) is 6.44. The zero-order valence-corrected chi connectivity index (χ0v) is 15.9. The molecule has 0 amide bonds. The van der Waals surface area contributed by atoms with Gasteiger partial charge in [-0.2, -0.15) is 4.68 Å². The van der Waals surface area contributed by atoms with Crippen molar-refractivity contribution in [1.82, 2.24) is 14.3 Å². The van der Waals surface area contributed by atoms with E-state index in [0.29, 0.717) is 23.7 Å². The van der Waals surface area contributed by atoms with Gasteiger partial charge in [-0.3, -0.25) is 0 Å². The minimum Gasteiger partial charge on any atom is -0.313 e. The van der Waals surface area contributed by atoms with Crippen molar-refractivity contribution in [2.24, 2.45) is 7.05 Å². The Morgan fingerprint density at radius 2 is 2.04 bits per heavy atom. The van der Waals surface area contributed by atoms with E-state index in [0.717, 1.165) is 17.0 Å². The van der Waals surface area contributed by atoms with E-state index in [-0.39, 0.29) is 23.4 Å². The predicted octanol–water partition coefficient (Wildman–Crippen LogP) is 0.807. The second-order valence-corrected chi connectivity index (χ2v) is 9.04. The lowest BCUT2D eigenvalue weighted by atomic mass is 10.2. The van der Waals surface area contributed by atoms with Gasteiger partial charge in [-0.1, -0.05) is 0 Å². The van der Waals surface area contributed by atoms with Crippen molar-refractivity contribution >= 4 is 22.1 Å². The van der Waals surface area contributed by atoms with Crippen LogP contribution in [-0.4, -0.2) is 46.9 Å². The molecule has 0 aliphatic carbocycles. The molecule has 3 rings (SSSR count). The SMILES string of the molecule is CC[NH+](Cn1nc(-c2ccc(F)cc2)n(C)c1=S)[C@@H]1CCS(=O)(=O)C1. The van der Waals surface area contributed by atoms with Crippen LogP contribution in [0.2, 0.25) is 0 Å². The van der Waals surface area contributed by atoms with Gasteiger partial charge in [0.1, 0.15) is 17.6 Å². The van der Waals surface area contributed by atoms with Gasteiger partial charge in [0.25, 0.3) is 0 Å². The fraction of sp³-hybridized carbons (Fsp3) is 0.500. The minimum atomic E-state index is -2.92. The van der Waals surface area contributed by atoms with Gasteiger partial charge in [-0.25, -0.2) is 12.8 Å². The van der Waals surface area contributed by atoms with Crippen molar-refractivity contribution in [3.63, 3.8) is 0 Å². The number of benzene rings is 1. The number of quaternary nitrogens is 1. The predicted molar refractivity (Wildman–Crippen MR) is 96.0 cm³/mol. The molecule has 2 heterocycles. The van der Waals surface area contributed by atoms with Crippen molar-refractivity contribution in [2.75, 3.05) is 18.1 Å². The smallest absolute Gasteiger partial charge is 0.202 e. The Hall–Kier alpha value is -1.58. The summed E-state index contributed by atoms with van der Waals surface area (Å²) >= 11 is 5.48. The maximum atomic E-state index is 13.1. The average Bonchev–Trinajstić information content (AvgIpc) is 3.07. The van der Waals surface area contributed by atoms with Gasteiger partial charge >= 0.3 is 0 Å². The van der Waals surface area contributed by atoms with Crippen LogP contribution in [0.5, 0.6) is 0 Å². The molecular formula is C16H22FN4O2S2+. The molecule has 9 heteroatoms. The molecule has 25 heavy (non-hydrogen) atoms. The summed E-state index contributed by atoms with van der Waals surface area (Å²) in [7, 11) is -1.09. The van der Waals surface area contributed by atoms with Gasteiger partial charge in [0.2, 0.25) is 4.77 Å². The number of nitrogens with one attached hydrogen (secondary N) is 1. The summed E-state index contributed by atoms with van der Waals surface area (Å²) in [5.41, 5.74) is 0.787. The Bertz CT molecular complexity index is 919. The second kappa shape index (κ2) is 6.97. The van der Waals surface area contributed by atoms with Crippen LogP contribution in [0.3, 0.4) is 0 Å². The van der Waals surface area contributed by atoms with Gasteiger partial charge in [-0.05, 0) is 43.4 Å². The molecule has 136 valence electrons. The van der Waals surface area contributed by atoms with Crippen LogP contribution in [0.4, 0.5) is 4.39 Å². The van der Waals surface area contributed by atoms with Crippen LogP contribution in [0, 0.1) is 10.6 Å². The first-order valence-corrected chi connectivity index (χ1v) is 10.5. The molecule has 1 aromatic heterocycles. The molecule has 1 aliphatic rings. The standard InChI is InChI=1S/C16H21FN4O2S2/c1-3-20(14-8-9-25(22,23)10-14)11-21-16(24)19(2)15(18-21)12-4-6-13(17)7-5-12/h4-7,14H,3,8-11H2,1-2H3/p+1/t14-/m1/s1. The minimum absolute atomic E-state index is 0.0770. The zero-order chi connectivity index (χ0) is 18.2. The lowest BCUT2D eigenvalue weighted by molar-refractivity contribution is -0.943. The van der Waals surface area contributed by atoms with E-state index in [4.69, 9.17) is 12.2 Å². The zero-order valence-electron chi connectivity index (χ0n) is 14.3. The topological polar surface area (TPSA) is 61.3 Å². The van der Waals surface area contributed by atoms with Gasteiger partial charge in [0.05, 0.1) is 12.3 Å². The highest BCUT2D eigenvalue weighted by Gasteiger charge is 2.35. The first-order valence-electron chi connectivity index (χ1n) is 8.25. The fourth-order valence-corrected chi connectivity index (χ4v) is 5.30. The van der Waals surface area contributed by atoms with Crippen molar-refractivity contribution in [1.29, 1.82) is 0 Å². The highest BCUT2D eigenvalue weighted by atomic mass is 32.2. The number of aromatic nitrogens is 3. The summed E-state index contributed by atoms with van der Waals surface area (Å²) < 4.78 is 40.7. The Balaban J connectivity index is 1.86. The molecule has 0 bridgehead atoms. The van der Waals surface area contributed by atoms with Gasteiger partial charge < -0.3 is 9.47 Å². The Morgan fingerprint density at radius 1 is 1.36 bits per heavy atom. The monoisotopic (exact) mass is 385 g/mol. The maximum absolute atomic E-state index is 13.1. The van der Waals surface area contributed by atoms with E-state index in [1.54, 1.807) is 21.4 Å². The van der Waals surface area contributed by atoms with Crippen LogP contribution in [0.15, 0.2) is 24.3 Å². The summed E-state index contributed by atoms with van der Waals surface area (Å²) in [6, 6.07) is 6.21.